The van der Waals surface area contributed by atoms with E-state index in [4.69, 9.17) is 10.1 Å². The van der Waals surface area contributed by atoms with Crippen LogP contribution in [0.2, 0.25) is 0 Å². The fourth-order valence-corrected chi connectivity index (χ4v) is 5.65. The summed E-state index contributed by atoms with van der Waals surface area (Å²) >= 11 is 0. The summed E-state index contributed by atoms with van der Waals surface area (Å²) in [7, 11) is 2.86. The summed E-state index contributed by atoms with van der Waals surface area (Å²) in [5.41, 5.74) is 0.864. The lowest BCUT2D eigenvalue weighted by molar-refractivity contribution is -0.0871. The Morgan fingerprint density at radius 1 is 1.18 bits per heavy atom. The zero-order valence-electron chi connectivity index (χ0n) is 25.5. The minimum atomic E-state index is -4.90. The lowest BCUT2D eigenvalue weighted by Gasteiger charge is -2.32. The maximum absolute atomic E-state index is 14.2. The highest BCUT2D eigenvalue weighted by Gasteiger charge is 2.41. The number of likely N-dealkylation sites (N-methyl/N-ethyl adjacent to an activating group) is 2. The highest BCUT2D eigenvalue weighted by atomic mass is 32.2. The topological polar surface area (TPSA) is 139 Å². The third kappa shape index (κ3) is 8.64. The van der Waals surface area contributed by atoms with Crippen molar-refractivity contribution in [2.24, 2.45) is 0 Å². The van der Waals surface area contributed by atoms with Crippen LogP contribution in [0.25, 0.3) is 0 Å². The Balaban J connectivity index is 1.92. The summed E-state index contributed by atoms with van der Waals surface area (Å²) in [5.74, 6) is -0.481. The second kappa shape index (κ2) is 14.3. The first-order valence-corrected chi connectivity index (χ1v) is 15.6. The molecule has 1 amide bonds. The molecule has 5 N–H and O–H groups in total. The number of alkyl halides is 3. The SMILES string of the molecule is COc1ccc(C(=O)NCCN(C)C)cc1NC(C)N/C(N[C@@H]1Cc2ccccc2[C@H]1N(C)S(C)(=O)=O)=C(\C=N)C(F)(F)F. The van der Waals surface area contributed by atoms with Gasteiger partial charge >= 0.3 is 6.18 Å². The number of sulfonamides is 1. The average Bonchev–Trinajstić information content (AvgIpc) is 3.28. The van der Waals surface area contributed by atoms with E-state index in [1.807, 2.05) is 19.0 Å². The van der Waals surface area contributed by atoms with E-state index in [2.05, 4.69) is 21.3 Å². The third-order valence-electron chi connectivity index (χ3n) is 7.20. The van der Waals surface area contributed by atoms with E-state index in [0.717, 1.165) is 16.1 Å². The van der Waals surface area contributed by atoms with Gasteiger partial charge in [0.2, 0.25) is 10.0 Å². The normalized spacial score (nSPS) is 17.9. The Labute approximate surface area is 256 Å². The molecular weight excluding hydrogens is 599 g/mol. The van der Waals surface area contributed by atoms with Crippen LogP contribution in [-0.2, 0) is 16.4 Å². The number of carbonyl (C=O) groups is 1. The molecule has 0 aromatic heterocycles. The maximum Gasteiger partial charge on any atom is 0.421 e. The van der Waals surface area contributed by atoms with Gasteiger partial charge < -0.3 is 36.3 Å². The van der Waals surface area contributed by atoms with Crippen molar-refractivity contribution < 1.29 is 31.1 Å². The van der Waals surface area contributed by atoms with Crippen LogP contribution in [0.5, 0.6) is 5.75 Å². The van der Waals surface area contributed by atoms with Crippen LogP contribution in [0.4, 0.5) is 18.9 Å². The predicted molar refractivity (Wildman–Crippen MR) is 164 cm³/mol. The molecule has 1 aliphatic carbocycles. The highest BCUT2D eigenvalue weighted by Crippen LogP contribution is 2.37. The van der Waals surface area contributed by atoms with Crippen molar-refractivity contribution in [3.63, 3.8) is 0 Å². The number of nitrogens with one attached hydrogen (secondary N) is 5. The average molecular weight is 640 g/mol. The van der Waals surface area contributed by atoms with Gasteiger partial charge in [-0.15, -0.1) is 0 Å². The lowest BCUT2D eigenvalue weighted by atomic mass is 10.1. The van der Waals surface area contributed by atoms with Crippen LogP contribution in [0, 0.1) is 5.41 Å². The number of ether oxygens (including phenoxy) is 1. The molecule has 0 radical (unpaired) electrons. The number of hydrogen-bond donors (Lipinski definition) is 5. The van der Waals surface area contributed by atoms with Crippen LogP contribution >= 0.6 is 0 Å². The number of halogens is 3. The highest BCUT2D eigenvalue weighted by molar-refractivity contribution is 7.88. The minimum absolute atomic E-state index is 0.207. The summed E-state index contributed by atoms with van der Waals surface area (Å²) < 4.78 is 74.0. The van der Waals surface area contributed by atoms with Gasteiger partial charge in [0.25, 0.3) is 5.91 Å². The first-order chi connectivity index (χ1) is 20.6. The van der Waals surface area contributed by atoms with E-state index < -0.39 is 45.8 Å². The van der Waals surface area contributed by atoms with Crippen LogP contribution in [0.15, 0.2) is 53.9 Å². The molecule has 2 aromatic carbocycles. The van der Waals surface area contributed by atoms with Crippen LogP contribution < -0.4 is 26.0 Å². The van der Waals surface area contributed by atoms with Gasteiger partial charge in [0, 0.05) is 31.9 Å². The molecule has 242 valence electrons. The zero-order chi connectivity index (χ0) is 32.8. The Hall–Kier alpha value is -3.82. The smallest absolute Gasteiger partial charge is 0.421 e. The number of amides is 1. The summed E-state index contributed by atoms with van der Waals surface area (Å²) in [6, 6.07) is 10.2. The fraction of sp³-hybridized carbons (Fsp3) is 0.448. The maximum atomic E-state index is 14.2. The second-order valence-corrected chi connectivity index (χ2v) is 12.8. The molecule has 3 atom stereocenters. The molecule has 1 unspecified atom stereocenters. The molecule has 1 aliphatic rings. The first kappa shape index (κ1) is 34.7. The van der Waals surface area contributed by atoms with E-state index in [0.29, 0.717) is 35.7 Å². The Morgan fingerprint density at radius 2 is 1.86 bits per heavy atom. The quantitative estimate of drug-likeness (QED) is 0.157. The van der Waals surface area contributed by atoms with Gasteiger partial charge in [-0.2, -0.15) is 17.5 Å². The number of allylic oxidation sites excluding steroid dienone is 1. The van der Waals surface area contributed by atoms with Crippen molar-refractivity contribution in [3.8, 4) is 5.75 Å². The Morgan fingerprint density at radius 3 is 2.45 bits per heavy atom. The number of carbonyl (C=O) groups excluding carboxylic acids is 1. The molecule has 3 rings (SSSR count). The van der Waals surface area contributed by atoms with Crippen LogP contribution in [-0.4, -0.2) is 95.7 Å². The number of nitrogens with zero attached hydrogens (tertiary/aromatic N) is 2. The largest absolute Gasteiger partial charge is 0.495 e. The van der Waals surface area contributed by atoms with E-state index in [9.17, 15) is 26.4 Å². The van der Waals surface area contributed by atoms with Crippen LogP contribution in [0.1, 0.15) is 34.5 Å². The van der Waals surface area contributed by atoms with Gasteiger partial charge in [0.05, 0.1) is 37.3 Å². The number of benzene rings is 2. The number of hydrogen-bond acceptors (Lipinski definition) is 9. The van der Waals surface area contributed by atoms with E-state index in [1.54, 1.807) is 43.3 Å². The molecule has 0 saturated heterocycles. The van der Waals surface area contributed by atoms with Crippen LogP contribution in [0.3, 0.4) is 0 Å². The zero-order valence-corrected chi connectivity index (χ0v) is 26.4. The number of methoxy groups -OCH3 is 1. The number of fused-ring (bicyclic) bond motifs is 1. The molecule has 0 aliphatic heterocycles. The molecule has 0 spiro atoms. The molecule has 0 saturated carbocycles. The van der Waals surface area contributed by atoms with Gasteiger partial charge in [0.1, 0.15) is 17.1 Å². The molecule has 11 nitrogen and oxygen atoms in total. The van der Waals surface area contributed by atoms with Gasteiger partial charge in [0.15, 0.2) is 0 Å². The summed E-state index contributed by atoms with van der Waals surface area (Å²) in [4.78, 5) is 14.6. The van der Waals surface area contributed by atoms with Crippen molar-refractivity contribution in [1.82, 2.24) is 25.2 Å². The molecule has 15 heteroatoms. The van der Waals surface area contributed by atoms with Gasteiger partial charge in [-0.3, -0.25) is 4.79 Å². The summed E-state index contributed by atoms with van der Waals surface area (Å²) in [6.07, 6.45) is -4.29. The molecule has 2 aromatic rings. The monoisotopic (exact) mass is 639 g/mol. The van der Waals surface area contributed by atoms with Gasteiger partial charge in [-0.1, -0.05) is 24.3 Å². The summed E-state index contributed by atoms with van der Waals surface area (Å²) in [6.45, 7) is 2.62. The van der Waals surface area contributed by atoms with E-state index >= 15 is 0 Å². The third-order valence-corrected chi connectivity index (χ3v) is 8.47. The van der Waals surface area contributed by atoms with Crippen molar-refractivity contribution in [3.05, 3.63) is 70.5 Å². The summed E-state index contributed by atoms with van der Waals surface area (Å²) in [5, 5.41) is 19.1. The van der Waals surface area contributed by atoms with Gasteiger partial charge in [-0.05, 0) is 56.8 Å². The number of anilines is 1. The Bertz CT molecular complexity index is 1480. The first-order valence-electron chi connectivity index (χ1n) is 13.8. The molecular formula is C29H40F3N7O4S. The Kier molecular flexibility index (Phi) is 11.3. The molecule has 0 fully saturated rings. The van der Waals surface area contributed by atoms with E-state index in [1.165, 1.54) is 20.2 Å². The standard InChI is InChI=1S/C29H40F3N7O4S/c1-18(35-23-16-20(11-12-25(23)43-5)28(40)34-13-14-38(2)3)36-27(22(17-33)29(30,31)32)37-24-15-19-9-7-8-10-21(19)26(24)39(4)44(6,41)42/h7-12,16-18,24,26,33,35-37H,13-15H2,1-6H3,(H,34,40)/b27-22-,33-17?/t18?,24-,26-/m1/s1. The minimum Gasteiger partial charge on any atom is -0.495 e. The van der Waals surface area contributed by atoms with Crippen molar-refractivity contribution in [2.75, 3.05) is 52.9 Å². The van der Waals surface area contributed by atoms with E-state index in [-0.39, 0.29) is 18.5 Å². The van der Waals surface area contributed by atoms with Crippen molar-refractivity contribution in [2.45, 2.75) is 37.8 Å². The molecule has 0 bridgehead atoms. The van der Waals surface area contributed by atoms with Crippen molar-refractivity contribution in [1.29, 1.82) is 5.41 Å². The van der Waals surface area contributed by atoms with Crippen molar-refractivity contribution >= 4 is 27.8 Å². The lowest BCUT2D eigenvalue weighted by Crippen LogP contribution is -2.48. The number of rotatable bonds is 14. The fourth-order valence-electron chi connectivity index (χ4n) is 4.98. The van der Waals surface area contributed by atoms with Gasteiger partial charge in [-0.25, -0.2) is 8.42 Å². The second-order valence-electron chi connectivity index (χ2n) is 10.8. The molecule has 0 heterocycles. The predicted octanol–water partition coefficient (Wildman–Crippen LogP) is 2.90. The molecule has 44 heavy (non-hydrogen) atoms.